The summed E-state index contributed by atoms with van der Waals surface area (Å²) in [7, 11) is 0. The van der Waals surface area contributed by atoms with Crippen LogP contribution in [-0.2, 0) is 14.3 Å². The summed E-state index contributed by atoms with van der Waals surface area (Å²) >= 11 is 11.2. The minimum absolute atomic E-state index is 0.176. The molecule has 0 unspecified atom stereocenters. The maximum atomic E-state index is 13.8. The highest BCUT2D eigenvalue weighted by Crippen LogP contribution is 2.37. The first-order chi connectivity index (χ1) is 18.2. The van der Waals surface area contributed by atoms with E-state index in [1.54, 1.807) is 56.3 Å². The van der Waals surface area contributed by atoms with Crippen LogP contribution in [0.5, 0.6) is 11.5 Å². The van der Waals surface area contributed by atoms with E-state index in [1.165, 1.54) is 22.8 Å². The molecule has 11 heteroatoms. The largest absolute Gasteiger partial charge is 0.490 e. The number of thiazole rings is 1. The molecule has 38 heavy (non-hydrogen) atoms. The van der Waals surface area contributed by atoms with E-state index in [0.29, 0.717) is 48.0 Å². The number of hydrogen-bond acceptors (Lipinski definition) is 8. The van der Waals surface area contributed by atoms with Gasteiger partial charge in [0, 0.05) is 11.9 Å². The number of fused-ring (bicyclic) bond motifs is 1. The highest BCUT2D eigenvalue weighted by atomic mass is 79.9. The van der Waals surface area contributed by atoms with Crippen molar-refractivity contribution < 1.29 is 23.8 Å². The van der Waals surface area contributed by atoms with Crippen LogP contribution in [0.3, 0.4) is 0 Å². The average molecular weight is 620 g/mol. The van der Waals surface area contributed by atoms with E-state index in [-0.39, 0.29) is 23.5 Å². The van der Waals surface area contributed by atoms with Crippen molar-refractivity contribution in [1.82, 2.24) is 4.57 Å². The second-order valence-electron chi connectivity index (χ2n) is 8.18. The van der Waals surface area contributed by atoms with Gasteiger partial charge in [0.15, 0.2) is 16.3 Å². The van der Waals surface area contributed by atoms with Gasteiger partial charge in [-0.25, -0.2) is 9.79 Å². The molecule has 1 atom stereocenters. The van der Waals surface area contributed by atoms with E-state index in [1.807, 2.05) is 6.92 Å². The van der Waals surface area contributed by atoms with Crippen molar-refractivity contribution in [2.24, 2.45) is 4.99 Å². The van der Waals surface area contributed by atoms with Crippen LogP contribution in [0.15, 0.2) is 61.9 Å². The fraction of sp³-hybridized carbons (Fsp3) is 0.259. The highest BCUT2D eigenvalue weighted by Gasteiger charge is 2.34. The lowest BCUT2D eigenvalue weighted by Crippen LogP contribution is -2.40. The predicted octanol–water partition coefficient (Wildman–Crippen LogP) is 4.54. The molecular weight excluding hydrogens is 596 g/mol. The molecule has 2 heterocycles. The lowest BCUT2D eigenvalue weighted by Gasteiger charge is -2.25. The van der Waals surface area contributed by atoms with Crippen LogP contribution in [0.25, 0.3) is 6.08 Å². The second-order valence-corrected chi connectivity index (χ2v) is 10.5. The number of rotatable bonds is 7. The Balaban J connectivity index is 1.93. The van der Waals surface area contributed by atoms with Crippen molar-refractivity contribution in [2.75, 3.05) is 13.2 Å². The molecule has 0 radical (unpaired) electrons. The summed E-state index contributed by atoms with van der Waals surface area (Å²) in [6.07, 6.45) is 1.70. The smallest absolute Gasteiger partial charge is 0.338 e. The number of benzene rings is 2. The first-order valence-corrected chi connectivity index (χ1v) is 13.7. The Labute approximate surface area is 236 Å². The van der Waals surface area contributed by atoms with Gasteiger partial charge in [0.05, 0.1) is 33.5 Å². The number of hydrogen-bond donors (Lipinski definition) is 0. The molecule has 0 bridgehead atoms. The van der Waals surface area contributed by atoms with Gasteiger partial charge >= 0.3 is 11.9 Å². The summed E-state index contributed by atoms with van der Waals surface area (Å²) < 4.78 is 18.6. The van der Waals surface area contributed by atoms with Gasteiger partial charge in [0.2, 0.25) is 0 Å². The van der Waals surface area contributed by atoms with Gasteiger partial charge in [0.1, 0.15) is 6.04 Å². The Hall–Kier alpha value is -3.21. The Bertz CT molecular complexity index is 1640. The van der Waals surface area contributed by atoms with Gasteiger partial charge < -0.3 is 14.2 Å². The minimum atomic E-state index is -0.807. The van der Waals surface area contributed by atoms with Gasteiger partial charge in [-0.15, -0.1) is 0 Å². The van der Waals surface area contributed by atoms with Crippen LogP contribution in [-0.4, -0.2) is 29.7 Å². The summed E-state index contributed by atoms with van der Waals surface area (Å²) in [5.74, 6) is -0.434. The second kappa shape index (κ2) is 11.7. The van der Waals surface area contributed by atoms with Gasteiger partial charge in [-0.1, -0.05) is 41.1 Å². The number of halogens is 2. The number of allylic oxidation sites excluding steroid dienone is 1. The van der Waals surface area contributed by atoms with Crippen molar-refractivity contribution >= 4 is 56.9 Å². The molecule has 8 nitrogen and oxygen atoms in total. The van der Waals surface area contributed by atoms with Gasteiger partial charge in [0.25, 0.3) is 5.56 Å². The summed E-state index contributed by atoms with van der Waals surface area (Å²) in [6.45, 7) is 7.07. The molecule has 198 valence electrons. The summed E-state index contributed by atoms with van der Waals surface area (Å²) in [4.78, 5) is 43.4. The molecule has 0 fully saturated rings. The van der Waals surface area contributed by atoms with Crippen LogP contribution < -0.4 is 24.4 Å². The Morgan fingerprint density at radius 2 is 1.95 bits per heavy atom. The van der Waals surface area contributed by atoms with Crippen molar-refractivity contribution in [3.8, 4) is 11.5 Å². The molecular formula is C27H24BrClN2O6S. The fourth-order valence-corrected chi connectivity index (χ4v) is 5.94. The number of ether oxygens (including phenoxy) is 3. The Kier molecular flexibility index (Phi) is 8.54. The molecule has 1 aliphatic heterocycles. The van der Waals surface area contributed by atoms with Crippen LogP contribution in [0, 0.1) is 0 Å². The minimum Gasteiger partial charge on any atom is -0.490 e. The van der Waals surface area contributed by atoms with E-state index >= 15 is 0 Å². The summed E-state index contributed by atoms with van der Waals surface area (Å²) in [6, 6.07) is 9.67. The first kappa shape index (κ1) is 27.8. The average Bonchev–Trinajstić information content (AvgIpc) is 3.15. The van der Waals surface area contributed by atoms with Crippen molar-refractivity contribution in [2.45, 2.75) is 33.7 Å². The molecule has 3 aromatic rings. The summed E-state index contributed by atoms with van der Waals surface area (Å²) in [5.41, 5.74) is 1.59. The standard InChI is InChI=1S/C27H24BrClN2O6S/c1-5-35-20-12-16(11-18(28)24(20)37-15(4)32)13-21-25(33)31-23(17-9-7-8-10-19(17)29)22(26(34)36-6-2)14(3)30-27(31)38-21/h7-13,23H,5-6H2,1-4H3/b21-13-/t23-/m0/s1. The lowest BCUT2D eigenvalue weighted by atomic mass is 9.96. The SMILES string of the molecule is CCOC(=O)C1=C(C)N=c2s/c(=C\c3cc(Br)c(OC(C)=O)c(OCC)c3)c(=O)n2[C@H]1c1ccccc1Cl. The zero-order chi connectivity index (χ0) is 27.6. The van der Waals surface area contributed by atoms with Crippen LogP contribution >= 0.6 is 38.9 Å². The number of carbonyl (C=O) groups excluding carboxylic acids is 2. The van der Waals surface area contributed by atoms with Crippen LogP contribution in [0.1, 0.15) is 44.9 Å². The number of carbonyl (C=O) groups is 2. The van der Waals surface area contributed by atoms with E-state index in [2.05, 4.69) is 20.9 Å². The predicted molar refractivity (Wildman–Crippen MR) is 148 cm³/mol. The highest BCUT2D eigenvalue weighted by molar-refractivity contribution is 9.10. The molecule has 0 saturated heterocycles. The maximum absolute atomic E-state index is 13.8. The normalized spacial score (nSPS) is 15.1. The summed E-state index contributed by atoms with van der Waals surface area (Å²) in [5, 5.41) is 0.412. The third-order valence-corrected chi connectivity index (χ3v) is 7.51. The third-order valence-electron chi connectivity index (χ3n) is 5.59. The van der Waals surface area contributed by atoms with E-state index in [4.69, 9.17) is 25.8 Å². The van der Waals surface area contributed by atoms with Gasteiger partial charge in [-0.05, 0) is 72.1 Å². The molecule has 2 aromatic carbocycles. The molecule has 1 aliphatic rings. The van der Waals surface area contributed by atoms with Gasteiger partial charge in [-0.2, -0.15) is 0 Å². The topological polar surface area (TPSA) is 96.2 Å². The quantitative estimate of drug-likeness (QED) is 0.285. The molecule has 0 saturated carbocycles. The molecule has 0 N–H and O–H groups in total. The van der Waals surface area contributed by atoms with Crippen molar-refractivity contribution in [3.05, 3.63) is 88.0 Å². The molecule has 0 aliphatic carbocycles. The number of nitrogens with zero attached hydrogens (tertiary/aromatic N) is 2. The Morgan fingerprint density at radius 1 is 1.21 bits per heavy atom. The molecule has 4 rings (SSSR count). The first-order valence-electron chi connectivity index (χ1n) is 11.7. The zero-order valence-corrected chi connectivity index (χ0v) is 24.2. The molecule has 1 aromatic heterocycles. The van der Waals surface area contributed by atoms with Crippen LogP contribution in [0.4, 0.5) is 0 Å². The zero-order valence-electron chi connectivity index (χ0n) is 21.0. The Morgan fingerprint density at radius 3 is 2.61 bits per heavy atom. The van der Waals surface area contributed by atoms with E-state index in [0.717, 1.165) is 0 Å². The van der Waals surface area contributed by atoms with Crippen molar-refractivity contribution in [3.63, 3.8) is 0 Å². The maximum Gasteiger partial charge on any atom is 0.338 e. The monoisotopic (exact) mass is 618 g/mol. The van der Waals surface area contributed by atoms with Gasteiger partial charge in [-0.3, -0.25) is 14.2 Å². The van der Waals surface area contributed by atoms with E-state index in [9.17, 15) is 14.4 Å². The molecule has 0 spiro atoms. The number of aromatic nitrogens is 1. The third kappa shape index (κ3) is 5.48. The fourth-order valence-electron chi connectivity index (χ4n) is 4.11. The molecule has 0 amide bonds. The number of esters is 2. The van der Waals surface area contributed by atoms with E-state index < -0.39 is 18.0 Å². The van der Waals surface area contributed by atoms with Crippen molar-refractivity contribution in [1.29, 1.82) is 0 Å². The van der Waals surface area contributed by atoms with Crippen LogP contribution in [0.2, 0.25) is 5.02 Å². The lowest BCUT2D eigenvalue weighted by molar-refractivity contribution is -0.139.